The maximum Gasteiger partial charge on any atom is 0.350 e. The van der Waals surface area contributed by atoms with Gasteiger partial charge in [0.2, 0.25) is 11.6 Å². The molecule has 0 saturated carbocycles. The van der Waals surface area contributed by atoms with Gasteiger partial charge in [0.05, 0.1) is 0 Å². The Hall–Kier alpha value is -3.23. The minimum Gasteiger partial charge on any atom is -0.353 e. The predicted molar refractivity (Wildman–Crippen MR) is 107 cm³/mol. The number of amides is 1. The number of nitrogens with one attached hydrogen (secondary N) is 1. The molecule has 1 N–H and O–H groups in total. The summed E-state index contributed by atoms with van der Waals surface area (Å²) in [5.41, 5.74) is 0.483. The van der Waals surface area contributed by atoms with Crippen molar-refractivity contribution in [3.63, 3.8) is 0 Å². The highest BCUT2D eigenvalue weighted by molar-refractivity contribution is 5.90. The number of nitrogens with zero attached hydrogens (tertiary/aromatic N) is 5. The summed E-state index contributed by atoms with van der Waals surface area (Å²) in [5, 5.41) is 7.01. The monoisotopic (exact) mass is 398 g/mol. The Labute approximate surface area is 167 Å². The van der Waals surface area contributed by atoms with E-state index in [9.17, 15) is 14.0 Å². The van der Waals surface area contributed by atoms with Gasteiger partial charge < -0.3 is 10.2 Å². The molecular weight excluding hydrogens is 375 g/mol. The van der Waals surface area contributed by atoms with E-state index in [2.05, 4.69) is 34.1 Å². The van der Waals surface area contributed by atoms with Crippen LogP contribution in [0.3, 0.4) is 0 Å². The Bertz CT molecular complexity index is 1080. The Kier molecular flexibility index (Phi) is 5.04. The number of halogens is 1. The Balaban J connectivity index is 1.59. The van der Waals surface area contributed by atoms with Crippen molar-refractivity contribution in [3.05, 3.63) is 53.0 Å². The van der Waals surface area contributed by atoms with Gasteiger partial charge in [0.15, 0.2) is 5.82 Å². The quantitative estimate of drug-likeness (QED) is 0.728. The van der Waals surface area contributed by atoms with Crippen LogP contribution in [-0.2, 0) is 11.3 Å². The van der Waals surface area contributed by atoms with Crippen LogP contribution in [0.2, 0.25) is 0 Å². The van der Waals surface area contributed by atoms with E-state index in [-0.39, 0.29) is 12.4 Å². The summed E-state index contributed by atoms with van der Waals surface area (Å²) >= 11 is 0. The molecule has 3 aromatic rings. The third-order valence-electron chi connectivity index (χ3n) is 5.07. The molecule has 2 atom stereocenters. The van der Waals surface area contributed by atoms with Gasteiger partial charge in [-0.25, -0.2) is 23.3 Å². The Morgan fingerprint density at radius 3 is 2.59 bits per heavy atom. The molecular formula is C20H23FN6O2. The fourth-order valence-corrected chi connectivity index (χ4v) is 3.97. The molecule has 0 bridgehead atoms. The first-order valence-electron chi connectivity index (χ1n) is 9.65. The molecule has 0 aliphatic carbocycles. The first kappa shape index (κ1) is 19.1. The van der Waals surface area contributed by atoms with Crippen LogP contribution in [-0.4, -0.2) is 38.2 Å². The maximum atomic E-state index is 13.0. The lowest BCUT2D eigenvalue weighted by molar-refractivity contribution is -0.117. The number of piperidine rings is 1. The Morgan fingerprint density at radius 1 is 1.21 bits per heavy atom. The van der Waals surface area contributed by atoms with Crippen LogP contribution in [0.1, 0.15) is 20.3 Å². The third-order valence-corrected chi connectivity index (χ3v) is 5.07. The van der Waals surface area contributed by atoms with Crippen molar-refractivity contribution in [3.8, 4) is 0 Å². The van der Waals surface area contributed by atoms with E-state index in [1.165, 1.54) is 28.7 Å². The van der Waals surface area contributed by atoms with Gasteiger partial charge >= 0.3 is 5.69 Å². The smallest absolute Gasteiger partial charge is 0.350 e. The summed E-state index contributed by atoms with van der Waals surface area (Å²) in [5.74, 6) is 0.894. The first-order valence-corrected chi connectivity index (χ1v) is 9.65. The number of carbonyl (C=O) groups is 1. The second-order valence-electron chi connectivity index (χ2n) is 7.79. The van der Waals surface area contributed by atoms with E-state index in [4.69, 9.17) is 0 Å². The average Bonchev–Trinajstić information content (AvgIpc) is 2.98. The topological polar surface area (TPSA) is 84.5 Å². The predicted octanol–water partition coefficient (Wildman–Crippen LogP) is 2.15. The zero-order chi connectivity index (χ0) is 20.5. The molecule has 4 rings (SSSR count). The van der Waals surface area contributed by atoms with E-state index in [0.717, 1.165) is 24.2 Å². The van der Waals surface area contributed by atoms with Crippen LogP contribution < -0.4 is 15.9 Å². The number of carbonyl (C=O) groups excluding carboxylic acids is 1. The highest BCUT2D eigenvalue weighted by Gasteiger charge is 2.25. The van der Waals surface area contributed by atoms with Crippen LogP contribution in [0.4, 0.5) is 15.9 Å². The number of benzene rings is 1. The third kappa shape index (κ3) is 3.98. The van der Waals surface area contributed by atoms with Gasteiger partial charge in [-0.2, -0.15) is 0 Å². The summed E-state index contributed by atoms with van der Waals surface area (Å²) in [7, 11) is 0. The van der Waals surface area contributed by atoms with Crippen molar-refractivity contribution < 1.29 is 9.18 Å². The van der Waals surface area contributed by atoms with Crippen molar-refractivity contribution >= 4 is 23.1 Å². The van der Waals surface area contributed by atoms with Crippen molar-refractivity contribution in [1.29, 1.82) is 0 Å². The molecule has 2 aromatic heterocycles. The number of anilines is 2. The molecule has 1 amide bonds. The van der Waals surface area contributed by atoms with Gasteiger partial charge in [-0.15, -0.1) is 5.10 Å². The lowest BCUT2D eigenvalue weighted by Gasteiger charge is -2.35. The minimum atomic E-state index is -0.420. The number of aromatic nitrogens is 4. The van der Waals surface area contributed by atoms with E-state index < -0.39 is 11.6 Å². The summed E-state index contributed by atoms with van der Waals surface area (Å²) in [6, 6.07) is 5.43. The van der Waals surface area contributed by atoms with Crippen LogP contribution >= 0.6 is 0 Å². The zero-order valence-electron chi connectivity index (χ0n) is 16.4. The lowest BCUT2D eigenvalue weighted by Crippen LogP contribution is -2.39. The first-order chi connectivity index (χ1) is 13.9. The fourth-order valence-electron chi connectivity index (χ4n) is 3.97. The normalized spacial score (nSPS) is 19.5. The van der Waals surface area contributed by atoms with Gasteiger partial charge in [-0.1, -0.05) is 13.8 Å². The molecule has 0 unspecified atom stereocenters. The van der Waals surface area contributed by atoms with Gasteiger partial charge in [0.1, 0.15) is 12.4 Å². The maximum absolute atomic E-state index is 13.0. The molecule has 152 valence electrons. The lowest BCUT2D eigenvalue weighted by atomic mass is 9.92. The molecule has 1 saturated heterocycles. The average molecular weight is 398 g/mol. The van der Waals surface area contributed by atoms with Crippen LogP contribution in [0.5, 0.6) is 0 Å². The van der Waals surface area contributed by atoms with Crippen molar-refractivity contribution in [2.24, 2.45) is 11.8 Å². The number of hydrogen-bond acceptors (Lipinski definition) is 5. The highest BCUT2D eigenvalue weighted by atomic mass is 19.1. The van der Waals surface area contributed by atoms with E-state index >= 15 is 0 Å². The molecule has 0 radical (unpaired) electrons. The molecule has 1 aliphatic rings. The molecule has 9 heteroatoms. The molecule has 8 nitrogen and oxygen atoms in total. The van der Waals surface area contributed by atoms with Crippen LogP contribution in [0.25, 0.3) is 5.65 Å². The second kappa shape index (κ2) is 7.65. The summed E-state index contributed by atoms with van der Waals surface area (Å²) in [6.45, 7) is 5.86. The minimum absolute atomic E-state index is 0.246. The van der Waals surface area contributed by atoms with Crippen LogP contribution in [0.15, 0.2) is 41.5 Å². The summed E-state index contributed by atoms with van der Waals surface area (Å²) in [4.78, 5) is 31.7. The standard InChI is InChI=1S/C20H23FN6O2/c1-13-9-14(2)11-25(10-13)18-19-24-27(20(29)26(19)8-7-22-18)12-17(28)23-16-5-3-15(21)4-6-16/h3-8,13-14H,9-12H2,1-2H3,(H,23,28)/t13-,14-/m0/s1. The summed E-state index contributed by atoms with van der Waals surface area (Å²) < 4.78 is 15.5. The highest BCUT2D eigenvalue weighted by Crippen LogP contribution is 2.26. The molecule has 29 heavy (non-hydrogen) atoms. The molecule has 3 heterocycles. The van der Waals surface area contributed by atoms with Crippen molar-refractivity contribution in [2.45, 2.75) is 26.8 Å². The molecule has 1 fully saturated rings. The molecule has 1 aliphatic heterocycles. The Morgan fingerprint density at radius 2 is 1.90 bits per heavy atom. The molecule has 0 spiro atoms. The van der Waals surface area contributed by atoms with Crippen molar-refractivity contribution in [2.75, 3.05) is 23.3 Å². The molecule has 1 aromatic carbocycles. The number of rotatable bonds is 4. The van der Waals surface area contributed by atoms with E-state index in [1.807, 2.05) is 0 Å². The number of fused-ring (bicyclic) bond motifs is 1. The van der Waals surface area contributed by atoms with Gasteiger partial charge in [-0.3, -0.25) is 4.79 Å². The van der Waals surface area contributed by atoms with Crippen LogP contribution in [0, 0.1) is 17.7 Å². The largest absolute Gasteiger partial charge is 0.353 e. The number of hydrogen-bond donors (Lipinski definition) is 1. The summed E-state index contributed by atoms with van der Waals surface area (Å²) in [6.07, 6.45) is 4.29. The SMILES string of the molecule is C[C@H]1C[C@H](C)CN(c2nccn3c(=O)n(CC(=O)Nc4ccc(F)cc4)nc23)C1. The van der Waals surface area contributed by atoms with E-state index in [0.29, 0.717) is 29.0 Å². The van der Waals surface area contributed by atoms with Gasteiger partial charge in [0, 0.05) is 31.2 Å². The fraction of sp³-hybridized carbons (Fsp3) is 0.400. The van der Waals surface area contributed by atoms with E-state index in [1.54, 1.807) is 12.4 Å². The van der Waals surface area contributed by atoms with Gasteiger partial charge in [0.25, 0.3) is 0 Å². The van der Waals surface area contributed by atoms with Gasteiger partial charge in [-0.05, 0) is 42.5 Å². The van der Waals surface area contributed by atoms with Crippen molar-refractivity contribution in [1.82, 2.24) is 19.2 Å². The second-order valence-corrected chi connectivity index (χ2v) is 7.79. The zero-order valence-corrected chi connectivity index (χ0v) is 16.4.